The number of hydrogen-bond acceptors (Lipinski definition) is 1. The van der Waals surface area contributed by atoms with E-state index in [0.717, 1.165) is 0 Å². The second-order valence-electron chi connectivity index (χ2n) is 2.22. The Morgan fingerprint density at radius 1 is 1.30 bits per heavy atom. The van der Waals surface area contributed by atoms with Crippen molar-refractivity contribution in [2.45, 2.75) is 24.3 Å². The SMILES string of the molecule is Cl.NC1(C(F)F)CC1(F)F. The van der Waals surface area contributed by atoms with Crippen LogP contribution < -0.4 is 5.73 Å². The maximum absolute atomic E-state index is 11.8. The Bertz CT molecular complexity index is 139. The van der Waals surface area contributed by atoms with E-state index in [-0.39, 0.29) is 12.4 Å². The number of rotatable bonds is 1. The fourth-order valence-electron chi connectivity index (χ4n) is 0.560. The van der Waals surface area contributed by atoms with Crippen molar-refractivity contribution in [1.82, 2.24) is 0 Å². The molecule has 1 fully saturated rings. The summed E-state index contributed by atoms with van der Waals surface area (Å²) >= 11 is 0. The number of alkyl halides is 4. The zero-order valence-electron chi connectivity index (χ0n) is 4.78. The van der Waals surface area contributed by atoms with Gasteiger partial charge in [0.05, 0.1) is 0 Å². The maximum atomic E-state index is 11.8. The quantitative estimate of drug-likeness (QED) is 0.606. The molecule has 0 bridgehead atoms. The summed E-state index contributed by atoms with van der Waals surface area (Å²) in [6, 6.07) is 0. The van der Waals surface area contributed by atoms with Crippen LogP contribution in [0.3, 0.4) is 0 Å². The van der Waals surface area contributed by atoms with Crippen LogP contribution in [0.1, 0.15) is 6.42 Å². The molecule has 0 aromatic rings. The van der Waals surface area contributed by atoms with Crippen molar-refractivity contribution in [2.24, 2.45) is 5.73 Å². The lowest BCUT2D eigenvalue weighted by atomic mass is 10.3. The van der Waals surface area contributed by atoms with Gasteiger partial charge in [-0.1, -0.05) is 0 Å². The molecule has 1 saturated carbocycles. The molecule has 1 nitrogen and oxygen atoms in total. The van der Waals surface area contributed by atoms with Gasteiger partial charge in [0, 0.05) is 6.42 Å². The van der Waals surface area contributed by atoms with Crippen LogP contribution in [0.15, 0.2) is 0 Å². The molecular weight excluding hydrogens is 173 g/mol. The molecule has 6 heteroatoms. The lowest BCUT2D eigenvalue weighted by Crippen LogP contribution is -2.37. The molecule has 1 aliphatic carbocycles. The van der Waals surface area contributed by atoms with Gasteiger partial charge in [-0.15, -0.1) is 12.4 Å². The first kappa shape index (κ1) is 9.97. The monoisotopic (exact) mass is 179 g/mol. The van der Waals surface area contributed by atoms with Crippen molar-refractivity contribution in [3.63, 3.8) is 0 Å². The van der Waals surface area contributed by atoms with Crippen LogP contribution >= 0.6 is 12.4 Å². The average Bonchev–Trinajstić information content (AvgIpc) is 2.08. The summed E-state index contributed by atoms with van der Waals surface area (Å²) in [7, 11) is 0. The molecule has 1 unspecified atom stereocenters. The smallest absolute Gasteiger partial charge is 0.273 e. The number of halogens is 5. The van der Waals surface area contributed by atoms with Crippen molar-refractivity contribution in [3.8, 4) is 0 Å². The summed E-state index contributed by atoms with van der Waals surface area (Å²) in [5.41, 5.74) is 2.05. The van der Waals surface area contributed by atoms with Crippen LogP contribution in [-0.4, -0.2) is 17.9 Å². The molecule has 0 radical (unpaired) electrons. The van der Waals surface area contributed by atoms with Gasteiger partial charge in [-0.25, -0.2) is 17.6 Å². The third-order valence-corrected chi connectivity index (χ3v) is 1.46. The molecule has 0 aliphatic heterocycles. The van der Waals surface area contributed by atoms with Crippen LogP contribution in [0.4, 0.5) is 17.6 Å². The summed E-state index contributed by atoms with van der Waals surface area (Å²) in [6.07, 6.45) is -4.01. The molecule has 1 atom stereocenters. The van der Waals surface area contributed by atoms with Crippen LogP contribution in [-0.2, 0) is 0 Å². The molecule has 1 rings (SSSR count). The highest BCUT2D eigenvalue weighted by Crippen LogP contribution is 2.53. The Labute approximate surface area is 61.0 Å². The second-order valence-corrected chi connectivity index (χ2v) is 2.22. The van der Waals surface area contributed by atoms with Gasteiger partial charge in [0.1, 0.15) is 5.54 Å². The predicted molar refractivity (Wildman–Crippen MR) is 29.7 cm³/mol. The molecule has 10 heavy (non-hydrogen) atoms. The molecule has 0 spiro atoms. The van der Waals surface area contributed by atoms with E-state index in [1.165, 1.54) is 0 Å². The Morgan fingerprint density at radius 2 is 1.60 bits per heavy atom. The van der Waals surface area contributed by atoms with E-state index < -0.39 is 24.3 Å². The zero-order chi connectivity index (χ0) is 7.28. The van der Waals surface area contributed by atoms with E-state index in [9.17, 15) is 17.6 Å². The highest BCUT2D eigenvalue weighted by atomic mass is 35.5. The topological polar surface area (TPSA) is 26.0 Å². The van der Waals surface area contributed by atoms with Crippen molar-refractivity contribution in [1.29, 1.82) is 0 Å². The van der Waals surface area contributed by atoms with E-state index in [1.807, 2.05) is 0 Å². The minimum Gasteiger partial charge on any atom is -0.315 e. The zero-order valence-corrected chi connectivity index (χ0v) is 5.60. The van der Waals surface area contributed by atoms with Crippen LogP contribution in [0, 0.1) is 0 Å². The Balaban J connectivity index is 0.000000810. The van der Waals surface area contributed by atoms with Gasteiger partial charge < -0.3 is 5.73 Å². The van der Waals surface area contributed by atoms with Crippen molar-refractivity contribution < 1.29 is 17.6 Å². The van der Waals surface area contributed by atoms with E-state index in [2.05, 4.69) is 5.73 Å². The average molecular weight is 180 g/mol. The third kappa shape index (κ3) is 1.08. The van der Waals surface area contributed by atoms with Gasteiger partial charge in [-0.3, -0.25) is 0 Å². The van der Waals surface area contributed by atoms with Crippen molar-refractivity contribution in [3.05, 3.63) is 0 Å². The van der Waals surface area contributed by atoms with Crippen molar-refractivity contribution >= 4 is 12.4 Å². The first-order valence-electron chi connectivity index (χ1n) is 2.35. The van der Waals surface area contributed by atoms with Crippen molar-refractivity contribution in [2.75, 3.05) is 0 Å². The van der Waals surface area contributed by atoms with Crippen LogP contribution in [0.25, 0.3) is 0 Å². The Morgan fingerprint density at radius 3 is 1.60 bits per heavy atom. The summed E-state index contributed by atoms with van der Waals surface area (Å²) in [4.78, 5) is 0. The predicted octanol–water partition coefficient (Wildman–Crippen LogP) is 1.41. The molecule has 1 aliphatic rings. The van der Waals surface area contributed by atoms with E-state index in [1.54, 1.807) is 0 Å². The summed E-state index contributed by atoms with van der Waals surface area (Å²) in [5.74, 6) is -3.35. The van der Waals surface area contributed by atoms with Gasteiger partial charge in [0.2, 0.25) is 0 Å². The number of nitrogens with two attached hydrogens (primary N) is 1. The Hall–Kier alpha value is -0.0300. The van der Waals surface area contributed by atoms with Gasteiger partial charge >= 0.3 is 0 Å². The van der Waals surface area contributed by atoms with Gasteiger partial charge in [-0.05, 0) is 0 Å². The van der Waals surface area contributed by atoms with Gasteiger partial charge in [0.15, 0.2) is 0 Å². The lowest BCUT2D eigenvalue weighted by Gasteiger charge is -2.06. The molecule has 2 N–H and O–H groups in total. The summed E-state index contributed by atoms with van der Waals surface area (Å²) in [5, 5.41) is 0. The molecule has 0 amide bonds. The fourth-order valence-corrected chi connectivity index (χ4v) is 0.560. The van der Waals surface area contributed by atoms with E-state index in [4.69, 9.17) is 0 Å². The van der Waals surface area contributed by atoms with Gasteiger partial charge in [-0.2, -0.15) is 0 Å². The Kier molecular flexibility index (Phi) is 2.23. The minimum atomic E-state index is -3.35. The van der Waals surface area contributed by atoms with Crippen LogP contribution in [0.2, 0.25) is 0 Å². The first-order chi connectivity index (χ1) is 3.90. The second kappa shape index (κ2) is 2.23. The van der Waals surface area contributed by atoms with E-state index >= 15 is 0 Å². The molecular formula is C4H6ClF4N. The minimum absolute atomic E-state index is 0. The standard InChI is InChI=1S/C4H5F4N.ClH/c5-2(6)3(9)1-4(3,7)8;/h2H,1,9H2;1H. The molecule has 0 aromatic carbocycles. The normalized spacial score (nSPS) is 35.4. The molecule has 0 aromatic heterocycles. The molecule has 62 valence electrons. The highest BCUT2D eigenvalue weighted by Gasteiger charge is 2.74. The fraction of sp³-hybridized carbons (Fsp3) is 1.00. The van der Waals surface area contributed by atoms with Gasteiger partial charge in [0.25, 0.3) is 12.3 Å². The van der Waals surface area contributed by atoms with Crippen LogP contribution in [0.5, 0.6) is 0 Å². The largest absolute Gasteiger partial charge is 0.315 e. The lowest BCUT2D eigenvalue weighted by molar-refractivity contribution is 0.0168. The summed E-state index contributed by atoms with van der Waals surface area (Å²) < 4.78 is 46.6. The van der Waals surface area contributed by atoms with E-state index in [0.29, 0.717) is 0 Å². The third-order valence-electron chi connectivity index (χ3n) is 1.46. The number of hydrogen-bond donors (Lipinski definition) is 1. The molecule has 0 heterocycles. The molecule has 0 saturated heterocycles. The highest BCUT2D eigenvalue weighted by molar-refractivity contribution is 5.85. The maximum Gasteiger partial charge on any atom is 0.273 e. The summed E-state index contributed by atoms with van der Waals surface area (Å²) in [6.45, 7) is 0. The first-order valence-corrected chi connectivity index (χ1v) is 2.35.